The Morgan fingerprint density at radius 1 is 0.750 bits per heavy atom. The minimum atomic E-state index is -0.0175. The quantitative estimate of drug-likeness (QED) is 0.567. The van der Waals surface area contributed by atoms with E-state index in [1.807, 2.05) is 70.6 Å². The number of rotatable bonds is 2. The van der Waals surface area contributed by atoms with Crippen LogP contribution in [0.2, 0.25) is 0 Å². The zero-order valence-electron chi connectivity index (χ0n) is 15.3. The largest absolute Gasteiger partial charge is 0.361 e. The molecule has 5 rings (SSSR count). The van der Waals surface area contributed by atoms with Crippen LogP contribution in [0.25, 0.3) is 21.8 Å². The average Bonchev–Trinajstić information content (AvgIpc) is 3.39. The highest BCUT2D eigenvalue weighted by atomic mass is 16.2. The Bertz CT molecular complexity index is 1130. The Kier molecular flexibility index (Phi) is 3.90. The highest BCUT2D eigenvalue weighted by molar-refractivity contribution is 5.99. The van der Waals surface area contributed by atoms with Gasteiger partial charge < -0.3 is 19.8 Å². The van der Waals surface area contributed by atoms with Crippen LogP contribution < -0.4 is 0 Å². The van der Waals surface area contributed by atoms with E-state index in [9.17, 15) is 9.59 Å². The lowest BCUT2D eigenvalue weighted by Gasteiger charge is -2.34. The van der Waals surface area contributed by atoms with Crippen LogP contribution >= 0.6 is 0 Å². The number of H-pyrrole nitrogens is 2. The first-order valence-corrected chi connectivity index (χ1v) is 9.42. The van der Waals surface area contributed by atoms with Crippen molar-refractivity contribution in [3.05, 3.63) is 72.1 Å². The summed E-state index contributed by atoms with van der Waals surface area (Å²) in [6.07, 6.45) is 1.87. The van der Waals surface area contributed by atoms with Gasteiger partial charge >= 0.3 is 0 Å². The summed E-state index contributed by atoms with van der Waals surface area (Å²) in [7, 11) is 0. The maximum atomic E-state index is 12.8. The van der Waals surface area contributed by atoms with Crippen molar-refractivity contribution in [1.29, 1.82) is 0 Å². The van der Waals surface area contributed by atoms with Crippen molar-refractivity contribution in [2.24, 2.45) is 0 Å². The van der Waals surface area contributed by atoms with Gasteiger partial charge in [0.1, 0.15) is 5.69 Å². The summed E-state index contributed by atoms with van der Waals surface area (Å²) in [5.41, 5.74) is 3.18. The second-order valence-corrected chi connectivity index (χ2v) is 7.13. The molecule has 1 saturated heterocycles. The first kappa shape index (κ1) is 16.6. The Balaban J connectivity index is 1.27. The van der Waals surface area contributed by atoms with Crippen LogP contribution in [0.3, 0.4) is 0 Å². The molecule has 3 heterocycles. The van der Waals surface area contributed by atoms with Gasteiger partial charge in [0, 0.05) is 54.4 Å². The fourth-order valence-corrected chi connectivity index (χ4v) is 3.84. The van der Waals surface area contributed by atoms with Gasteiger partial charge in [0.25, 0.3) is 11.8 Å². The molecule has 2 aromatic carbocycles. The number of amides is 2. The van der Waals surface area contributed by atoms with Crippen molar-refractivity contribution in [3.8, 4) is 0 Å². The predicted molar refractivity (Wildman–Crippen MR) is 108 cm³/mol. The van der Waals surface area contributed by atoms with Crippen molar-refractivity contribution in [2.75, 3.05) is 26.2 Å². The van der Waals surface area contributed by atoms with Gasteiger partial charge in [-0.1, -0.05) is 24.3 Å². The number of aromatic nitrogens is 2. The van der Waals surface area contributed by atoms with Crippen LogP contribution in [-0.4, -0.2) is 57.8 Å². The molecule has 0 atom stereocenters. The summed E-state index contributed by atoms with van der Waals surface area (Å²) in [5, 5.41) is 2.12. The Morgan fingerprint density at radius 3 is 2.29 bits per heavy atom. The number of hydrogen-bond acceptors (Lipinski definition) is 2. The molecule has 0 bridgehead atoms. The zero-order chi connectivity index (χ0) is 19.1. The Labute approximate surface area is 161 Å². The molecule has 0 radical (unpaired) electrons. The van der Waals surface area contributed by atoms with Crippen molar-refractivity contribution < 1.29 is 9.59 Å². The van der Waals surface area contributed by atoms with E-state index >= 15 is 0 Å². The SMILES string of the molecule is O=C(c1ccc2cc[nH]c2c1)N1CCN(C(=O)c2cc3ccccc3[nH]2)CC1. The van der Waals surface area contributed by atoms with Gasteiger partial charge in [-0.15, -0.1) is 0 Å². The fourth-order valence-electron chi connectivity index (χ4n) is 3.84. The van der Waals surface area contributed by atoms with E-state index in [-0.39, 0.29) is 11.8 Å². The smallest absolute Gasteiger partial charge is 0.270 e. The Hall–Kier alpha value is -3.54. The standard InChI is InChI=1S/C22H20N4O2/c27-21(17-6-5-15-7-8-23-19(15)14-17)25-9-11-26(12-10-25)22(28)20-13-16-3-1-2-4-18(16)24-20/h1-8,13-14,23-24H,9-12H2. The first-order chi connectivity index (χ1) is 13.7. The predicted octanol–water partition coefficient (Wildman–Crippen LogP) is 3.25. The zero-order valence-corrected chi connectivity index (χ0v) is 15.3. The molecule has 4 aromatic rings. The fraction of sp³-hybridized carbons (Fsp3) is 0.182. The molecule has 2 N–H and O–H groups in total. The van der Waals surface area contributed by atoms with Crippen LogP contribution in [-0.2, 0) is 0 Å². The van der Waals surface area contributed by atoms with Crippen molar-refractivity contribution in [2.45, 2.75) is 0 Å². The highest BCUT2D eigenvalue weighted by Crippen LogP contribution is 2.19. The summed E-state index contributed by atoms with van der Waals surface area (Å²) >= 11 is 0. The third kappa shape index (κ3) is 2.83. The summed E-state index contributed by atoms with van der Waals surface area (Å²) in [5.74, 6) is -0.00897. The van der Waals surface area contributed by atoms with Crippen LogP contribution in [0, 0.1) is 0 Å². The number of nitrogens with one attached hydrogen (secondary N) is 2. The molecule has 6 heteroatoms. The number of piperazine rings is 1. The summed E-state index contributed by atoms with van der Waals surface area (Å²) in [6, 6.07) is 17.4. The van der Waals surface area contributed by atoms with E-state index in [1.165, 1.54) is 0 Å². The van der Waals surface area contributed by atoms with Crippen molar-refractivity contribution in [1.82, 2.24) is 19.8 Å². The number of carbonyl (C=O) groups excluding carboxylic acids is 2. The summed E-state index contributed by atoms with van der Waals surface area (Å²) in [6.45, 7) is 2.14. The molecule has 140 valence electrons. The number of hydrogen-bond donors (Lipinski definition) is 2. The number of carbonyl (C=O) groups is 2. The van der Waals surface area contributed by atoms with Gasteiger partial charge in [0.15, 0.2) is 0 Å². The number of nitrogens with zero attached hydrogens (tertiary/aromatic N) is 2. The van der Waals surface area contributed by atoms with Crippen LogP contribution in [0.4, 0.5) is 0 Å². The summed E-state index contributed by atoms with van der Waals surface area (Å²) < 4.78 is 0. The molecule has 0 saturated carbocycles. The van der Waals surface area contributed by atoms with Gasteiger partial charge in [-0.2, -0.15) is 0 Å². The lowest BCUT2D eigenvalue weighted by Crippen LogP contribution is -2.50. The minimum absolute atomic E-state index is 0.00853. The molecule has 6 nitrogen and oxygen atoms in total. The van der Waals surface area contributed by atoms with Crippen molar-refractivity contribution >= 4 is 33.6 Å². The van der Waals surface area contributed by atoms with E-state index in [1.54, 1.807) is 0 Å². The molecule has 1 fully saturated rings. The number of benzene rings is 2. The average molecular weight is 372 g/mol. The Morgan fingerprint density at radius 2 is 1.50 bits per heavy atom. The molecule has 1 aliphatic heterocycles. The lowest BCUT2D eigenvalue weighted by atomic mass is 10.1. The molecule has 2 aromatic heterocycles. The van der Waals surface area contributed by atoms with Gasteiger partial charge in [-0.25, -0.2) is 0 Å². The molecule has 28 heavy (non-hydrogen) atoms. The minimum Gasteiger partial charge on any atom is -0.361 e. The van der Waals surface area contributed by atoms with Gasteiger partial charge in [-0.3, -0.25) is 9.59 Å². The second-order valence-electron chi connectivity index (χ2n) is 7.13. The third-order valence-electron chi connectivity index (χ3n) is 5.42. The van der Waals surface area contributed by atoms with Gasteiger partial charge in [0.05, 0.1) is 0 Å². The highest BCUT2D eigenvalue weighted by Gasteiger charge is 2.26. The monoisotopic (exact) mass is 372 g/mol. The van der Waals surface area contributed by atoms with E-state index in [0.29, 0.717) is 37.4 Å². The molecule has 0 unspecified atom stereocenters. The lowest BCUT2D eigenvalue weighted by molar-refractivity contribution is 0.0533. The maximum absolute atomic E-state index is 12.8. The van der Waals surface area contributed by atoms with Crippen molar-refractivity contribution in [3.63, 3.8) is 0 Å². The van der Waals surface area contributed by atoms with E-state index in [0.717, 1.165) is 21.8 Å². The number of aromatic amines is 2. The van der Waals surface area contributed by atoms with E-state index < -0.39 is 0 Å². The van der Waals surface area contributed by atoms with Crippen LogP contribution in [0.1, 0.15) is 20.8 Å². The normalized spacial score (nSPS) is 14.7. The molecule has 0 spiro atoms. The van der Waals surface area contributed by atoms with E-state index in [2.05, 4.69) is 9.97 Å². The molecular formula is C22H20N4O2. The second kappa shape index (κ2) is 6.56. The number of fused-ring (bicyclic) bond motifs is 2. The molecular weight excluding hydrogens is 352 g/mol. The van der Waals surface area contributed by atoms with Crippen LogP contribution in [0.5, 0.6) is 0 Å². The third-order valence-corrected chi connectivity index (χ3v) is 5.42. The van der Waals surface area contributed by atoms with Gasteiger partial charge in [0.2, 0.25) is 0 Å². The maximum Gasteiger partial charge on any atom is 0.270 e. The van der Waals surface area contributed by atoms with E-state index in [4.69, 9.17) is 0 Å². The van der Waals surface area contributed by atoms with Gasteiger partial charge in [-0.05, 0) is 35.7 Å². The number of para-hydroxylation sites is 1. The van der Waals surface area contributed by atoms with Crippen LogP contribution in [0.15, 0.2) is 60.8 Å². The first-order valence-electron chi connectivity index (χ1n) is 9.42. The molecule has 2 amide bonds. The summed E-state index contributed by atoms with van der Waals surface area (Å²) in [4.78, 5) is 35.6. The molecule has 0 aliphatic carbocycles. The topological polar surface area (TPSA) is 72.2 Å². The molecule has 1 aliphatic rings.